The maximum Gasteiger partial charge on any atom is 0.162 e. The third kappa shape index (κ3) is 2.29. The summed E-state index contributed by atoms with van der Waals surface area (Å²) < 4.78 is 0. The minimum Gasteiger partial charge on any atom is -0.382 e. The molecule has 0 bridgehead atoms. The fourth-order valence-corrected chi connectivity index (χ4v) is 1.73. The summed E-state index contributed by atoms with van der Waals surface area (Å²) in [5.74, 6) is 0.494. The summed E-state index contributed by atoms with van der Waals surface area (Å²) >= 11 is 0. The van der Waals surface area contributed by atoms with Crippen molar-refractivity contribution in [2.45, 2.75) is 6.92 Å². The molecule has 3 N–H and O–H groups in total. The summed E-state index contributed by atoms with van der Waals surface area (Å²) in [6, 6.07) is 8.02. The SMILES string of the molecule is Cc1cccc(N(C)c2nccnc2C(=N)N)c1. The van der Waals surface area contributed by atoms with E-state index < -0.39 is 0 Å². The third-order valence-electron chi connectivity index (χ3n) is 2.64. The van der Waals surface area contributed by atoms with E-state index >= 15 is 0 Å². The highest BCUT2D eigenvalue weighted by Crippen LogP contribution is 2.23. The average molecular weight is 241 g/mol. The molecule has 2 aromatic rings. The Balaban J connectivity index is 2.46. The van der Waals surface area contributed by atoms with Gasteiger partial charge in [0.25, 0.3) is 0 Å². The summed E-state index contributed by atoms with van der Waals surface area (Å²) in [5.41, 5.74) is 8.05. The largest absolute Gasteiger partial charge is 0.382 e. The van der Waals surface area contributed by atoms with Gasteiger partial charge in [0, 0.05) is 25.1 Å². The Bertz CT molecular complexity index is 579. The molecule has 0 saturated carbocycles. The number of benzene rings is 1. The average Bonchev–Trinajstić information content (AvgIpc) is 2.38. The molecule has 0 amide bonds. The van der Waals surface area contributed by atoms with Crippen LogP contribution in [-0.2, 0) is 0 Å². The molecule has 1 heterocycles. The Morgan fingerprint density at radius 2 is 2.00 bits per heavy atom. The van der Waals surface area contributed by atoms with Crippen LogP contribution in [0.1, 0.15) is 11.3 Å². The predicted octanol–water partition coefficient (Wildman–Crippen LogP) is 1.84. The molecule has 92 valence electrons. The molecule has 0 aliphatic carbocycles. The summed E-state index contributed by atoms with van der Waals surface area (Å²) in [5, 5.41) is 7.52. The number of nitrogens with zero attached hydrogens (tertiary/aromatic N) is 3. The molecule has 0 saturated heterocycles. The molecule has 0 radical (unpaired) electrons. The Morgan fingerprint density at radius 1 is 1.28 bits per heavy atom. The number of hydrogen-bond acceptors (Lipinski definition) is 4. The zero-order chi connectivity index (χ0) is 13.1. The number of nitrogen functional groups attached to an aromatic ring is 1. The van der Waals surface area contributed by atoms with Crippen LogP contribution in [0.25, 0.3) is 0 Å². The van der Waals surface area contributed by atoms with Gasteiger partial charge < -0.3 is 10.6 Å². The van der Waals surface area contributed by atoms with Gasteiger partial charge in [-0.25, -0.2) is 9.97 Å². The lowest BCUT2D eigenvalue weighted by Crippen LogP contribution is -2.21. The summed E-state index contributed by atoms with van der Waals surface area (Å²) in [6.07, 6.45) is 3.12. The van der Waals surface area contributed by atoms with Crippen molar-refractivity contribution in [3.63, 3.8) is 0 Å². The van der Waals surface area contributed by atoms with Crippen LogP contribution >= 0.6 is 0 Å². The van der Waals surface area contributed by atoms with Crippen molar-refractivity contribution in [2.24, 2.45) is 5.73 Å². The molecule has 5 nitrogen and oxygen atoms in total. The van der Waals surface area contributed by atoms with E-state index in [0.717, 1.165) is 11.3 Å². The number of rotatable bonds is 3. The Morgan fingerprint density at radius 3 is 2.67 bits per heavy atom. The zero-order valence-electron chi connectivity index (χ0n) is 10.4. The lowest BCUT2D eigenvalue weighted by molar-refractivity contribution is 1.07. The maximum atomic E-state index is 7.52. The highest BCUT2D eigenvalue weighted by Gasteiger charge is 2.13. The Labute approximate surface area is 106 Å². The maximum absolute atomic E-state index is 7.52. The molecule has 0 unspecified atom stereocenters. The molecular weight excluding hydrogens is 226 g/mol. The lowest BCUT2D eigenvalue weighted by atomic mass is 10.2. The quantitative estimate of drug-likeness (QED) is 0.634. The van der Waals surface area contributed by atoms with Gasteiger partial charge in [0.1, 0.15) is 11.5 Å². The van der Waals surface area contributed by atoms with Crippen LogP contribution in [0.15, 0.2) is 36.7 Å². The zero-order valence-corrected chi connectivity index (χ0v) is 10.4. The Kier molecular flexibility index (Phi) is 3.23. The summed E-state index contributed by atoms with van der Waals surface area (Å²) in [6.45, 7) is 2.03. The second kappa shape index (κ2) is 4.83. The molecule has 2 rings (SSSR count). The van der Waals surface area contributed by atoms with Gasteiger partial charge in [0.05, 0.1) is 0 Å². The van der Waals surface area contributed by atoms with Crippen molar-refractivity contribution in [3.05, 3.63) is 47.9 Å². The molecule has 5 heteroatoms. The van der Waals surface area contributed by atoms with Crippen LogP contribution in [0.3, 0.4) is 0 Å². The smallest absolute Gasteiger partial charge is 0.162 e. The number of nitrogens with one attached hydrogen (secondary N) is 1. The minimum absolute atomic E-state index is 0.0856. The molecule has 0 fully saturated rings. The lowest BCUT2D eigenvalue weighted by Gasteiger charge is -2.20. The highest BCUT2D eigenvalue weighted by molar-refractivity contribution is 5.98. The van der Waals surface area contributed by atoms with E-state index in [2.05, 4.69) is 9.97 Å². The summed E-state index contributed by atoms with van der Waals surface area (Å²) in [4.78, 5) is 10.2. The van der Waals surface area contributed by atoms with Gasteiger partial charge in [-0.3, -0.25) is 5.41 Å². The Hall–Kier alpha value is -2.43. The van der Waals surface area contributed by atoms with E-state index in [-0.39, 0.29) is 5.84 Å². The first-order valence-corrected chi connectivity index (χ1v) is 5.55. The van der Waals surface area contributed by atoms with E-state index in [4.69, 9.17) is 11.1 Å². The van der Waals surface area contributed by atoms with E-state index in [0.29, 0.717) is 11.5 Å². The fourth-order valence-electron chi connectivity index (χ4n) is 1.73. The molecule has 0 spiro atoms. The number of aryl methyl sites for hydroxylation is 1. The van der Waals surface area contributed by atoms with Gasteiger partial charge in [-0.05, 0) is 24.6 Å². The van der Waals surface area contributed by atoms with Gasteiger partial charge in [-0.1, -0.05) is 12.1 Å². The van der Waals surface area contributed by atoms with Crippen molar-refractivity contribution in [1.82, 2.24) is 9.97 Å². The van der Waals surface area contributed by atoms with Gasteiger partial charge >= 0.3 is 0 Å². The monoisotopic (exact) mass is 241 g/mol. The van der Waals surface area contributed by atoms with Crippen LogP contribution in [0.2, 0.25) is 0 Å². The van der Waals surface area contributed by atoms with Crippen molar-refractivity contribution in [1.29, 1.82) is 5.41 Å². The molecule has 0 aliphatic heterocycles. The number of hydrogen-bond donors (Lipinski definition) is 2. The first kappa shape index (κ1) is 12.0. The molecule has 1 aromatic carbocycles. The van der Waals surface area contributed by atoms with Crippen LogP contribution in [0.4, 0.5) is 11.5 Å². The van der Waals surface area contributed by atoms with E-state index in [9.17, 15) is 0 Å². The topological polar surface area (TPSA) is 78.9 Å². The van der Waals surface area contributed by atoms with Gasteiger partial charge in [-0.15, -0.1) is 0 Å². The normalized spacial score (nSPS) is 10.1. The number of aromatic nitrogens is 2. The van der Waals surface area contributed by atoms with E-state index in [1.165, 1.54) is 6.20 Å². The first-order chi connectivity index (χ1) is 8.59. The van der Waals surface area contributed by atoms with Gasteiger partial charge in [-0.2, -0.15) is 0 Å². The van der Waals surface area contributed by atoms with Crippen LogP contribution in [-0.4, -0.2) is 22.9 Å². The molecule has 0 aliphatic rings. The second-order valence-electron chi connectivity index (χ2n) is 4.04. The van der Waals surface area contributed by atoms with Crippen molar-refractivity contribution in [3.8, 4) is 0 Å². The minimum atomic E-state index is -0.0856. The van der Waals surface area contributed by atoms with Crippen molar-refractivity contribution >= 4 is 17.3 Å². The predicted molar refractivity (Wildman–Crippen MR) is 72.3 cm³/mol. The number of amidine groups is 1. The number of anilines is 2. The first-order valence-electron chi connectivity index (χ1n) is 5.55. The van der Waals surface area contributed by atoms with Crippen molar-refractivity contribution < 1.29 is 0 Å². The third-order valence-corrected chi connectivity index (χ3v) is 2.64. The molecule has 1 aromatic heterocycles. The van der Waals surface area contributed by atoms with Gasteiger partial charge in [0.15, 0.2) is 5.82 Å². The standard InChI is InChI=1S/C13H15N5/c1-9-4-3-5-10(8-9)18(2)13-11(12(14)15)16-6-7-17-13/h3-8H,1-2H3,(H3,14,15). The van der Waals surface area contributed by atoms with E-state index in [1.807, 2.05) is 43.1 Å². The summed E-state index contributed by atoms with van der Waals surface area (Å²) in [7, 11) is 1.88. The molecule has 18 heavy (non-hydrogen) atoms. The van der Waals surface area contributed by atoms with Crippen LogP contribution in [0.5, 0.6) is 0 Å². The second-order valence-corrected chi connectivity index (χ2v) is 4.04. The number of nitrogens with two attached hydrogens (primary N) is 1. The fraction of sp³-hybridized carbons (Fsp3) is 0.154. The van der Waals surface area contributed by atoms with Crippen LogP contribution < -0.4 is 10.6 Å². The van der Waals surface area contributed by atoms with Crippen LogP contribution in [0, 0.1) is 12.3 Å². The molecular formula is C13H15N5. The molecule has 0 atom stereocenters. The van der Waals surface area contributed by atoms with Gasteiger partial charge in [0.2, 0.25) is 0 Å². The highest BCUT2D eigenvalue weighted by atomic mass is 15.2. The van der Waals surface area contributed by atoms with E-state index in [1.54, 1.807) is 6.20 Å². The van der Waals surface area contributed by atoms with Crippen molar-refractivity contribution in [2.75, 3.05) is 11.9 Å².